The van der Waals surface area contributed by atoms with Crippen LogP contribution in [0, 0.1) is 0 Å². The quantitative estimate of drug-likeness (QED) is 0.754. The van der Waals surface area contributed by atoms with Crippen molar-refractivity contribution in [3.05, 3.63) is 54.7 Å². The molecule has 5 nitrogen and oxygen atoms in total. The molecule has 4 rings (SSSR count). The number of fused-ring (bicyclic) bond motifs is 1. The highest BCUT2D eigenvalue weighted by Gasteiger charge is 2.24. The average Bonchev–Trinajstić information content (AvgIpc) is 3.24. The zero-order valence-electron chi connectivity index (χ0n) is 13.7. The van der Waals surface area contributed by atoms with E-state index in [9.17, 15) is 13.5 Å². The van der Waals surface area contributed by atoms with Gasteiger partial charge in [0.05, 0.1) is 15.3 Å². The van der Waals surface area contributed by atoms with Crippen molar-refractivity contribution in [1.29, 1.82) is 0 Å². The largest absolute Gasteiger partial charge is 0.508 e. The van der Waals surface area contributed by atoms with E-state index in [0.29, 0.717) is 18.0 Å². The Bertz CT molecular complexity index is 1000. The number of aromatic hydroxyl groups is 1. The van der Waals surface area contributed by atoms with Crippen molar-refractivity contribution < 1.29 is 13.5 Å². The third-order valence-electron chi connectivity index (χ3n) is 4.75. The molecule has 1 fully saturated rings. The molecule has 2 heterocycles. The maximum atomic E-state index is 13.1. The van der Waals surface area contributed by atoms with Gasteiger partial charge >= 0.3 is 0 Å². The highest BCUT2D eigenvalue weighted by atomic mass is 32.2. The van der Waals surface area contributed by atoms with E-state index in [-0.39, 0.29) is 15.5 Å². The van der Waals surface area contributed by atoms with Gasteiger partial charge in [-0.1, -0.05) is 18.2 Å². The van der Waals surface area contributed by atoms with Crippen molar-refractivity contribution in [2.75, 3.05) is 6.54 Å². The number of hydrogen-bond acceptors (Lipinski definition) is 4. The molecule has 0 spiro atoms. The second kappa shape index (κ2) is 6.20. The summed E-state index contributed by atoms with van der Waals surface area (Å²) in [6, 6.07) is 13.6. The summed E-state index contributed by atoms with van der Waals surface area (Å²) in [5, 5.41) is 13.9. The maximum Gasteiger partial charge on any atom is 0.208 e. The number of hydrogen-bond donors (Lipinski definition) is 2. The highest BCUT2D eigenvalue weighted by molar-refractivity contribution is 7.91. The van der Waals surface area contributed by atoms with Gasteiger partial charge in [0.2, 0.25) is 9.84 Å². The van der Waals surface area contributed by atoms with Crippen LogP contribution in [0.3, 0.4) is 0 Å². The Labute approximate surface area is 146 Å². The second-order valence-electron chi connectivity index (χ2n) is 6.46. The fourth-order valence-electron chi connectivity index (χ4n) is 3.49. The Hall–Kier alpha value is -2.31. The average molecular weight is 356 g/mol. The summed E-state index contributed by atoms with van der Waals surface area (Å²) < 4.78 is 28.1. The van der Waals surface area contributed by atoms with Gasteiger partial charge < -0.3 is 15.0 Å². The Kier molecular flexibility index (Phi) is 4.01. The van der Waals surface area contributed by atoms with E-state index in [2.05, 4.69) is 5.32 Å². The predicted molar refractivity (Wildman–Crippen MR) is 96.5 cm³/mol. The third kappa shape index (κ3) is 2.92. The minimum Gasteiger partial charge on any atom is -0.508 e. The van der Waals surface area contributed by atoms with Crippen LogP contribution in [0.1, 0.15) is 12.8 Å². The summed E-state index contributed by atoms with van der Waals surface area (Å²) >= 11 is 0. The number of benzene rings is 2. The first-order valence-electron chi connectivity index (χ1n) is 8.41. The van der Waals surface area contributed by atoms with Crippen molar-refractivity contribution in [2.24, 2.45) is 0 Å². The fraction of sp³-hybridized carbons (Fsp3) is 0.263. The lowest BCUT2D eigenvalue weighted by Gasteiger charge is -2.12. The van der Waals surface area contributed by atoms with Crippen LogP contribution in [0.15, 0.2) is 64.5 Å². The standard InChI is InChI=1S/C19H20N2O3S/c22-15-8-9-17-18(11-15)21(12-14-5-4-10-20-14)13-19(17)25(23,24)16-6-2-1-3-7-16/h1-3,6-9,11,13-14,20,22H,4-5,10,12H2. The number of nitrogens with one attached hydrogen (secondary N) is 1. The molecule has 0 aliphatic carbocycles. The topological polar surface area (TPSA) is 71.3 Å². The lowest BCUT2D eigenvalue weighted by molar-refractivity contribution is 0.475. The van der Waals surface area contributed by atoms with Crippen molar-refractivity contribution in [2.45, 2.75) is 35.2 Å². The van der Waals surface area contributed by atoms with E-state index < -0.39 is 9.84 Å². The van der Waals surface area contributed by atoms with Crippen molar-refractivity contribution >= 4 is 20.7 Å². The van der Waals surface area contributed by atoms with Crippen molar-refractivity contribution in [3.63, 3.8) is 0 Å². The minimum atomic E-state index is -3.61. The van der Waals surface area contributed by atoms with E-state index >= 15 is 0 Å². The molecule has 0 bridgehead atoms. The number of aromatic nitrogens is 1. The monoisotopic (exact) mass is 356 g/mol. The van der Waals surface area contributed by atoms with Crippen molar-refractivity contribution in [1.82, 2.24) is 9.88 Å². The molecule has 3 aromatic rings. The van der Waals surface area contributed by atoms with E-state index in [1.54, 1.807) is 48.7 Å². The number of rotatable bonds is 4. The Morgan fingerprint density at radius 1 is 1.16 bits per heavy atom. The molecule has 1 atom stereocenters. The fourth-order valence-corrected chi connectivity index (χ4v) is 4.99. The third-order valence-corrected chi connectivity index (χ3v) is 6.55. The number of phenolic OH excluding ortho intramolecular Hbond substituents is 1. The minimum absolute atomic E-state index is 0.134. The van der Waals surface area contributed by atoms with Crippen LogP contribution in [0.2, 0.25) is 0 Å². The van der Waals surface area contributed by atoms with Gasteiger partial charge in [-0.3, -0.25) is 0 Å². The van der Waals surface area contributed by atoms with Crippen LogP contribution < -0.4 is 5.32 Å². The molecule has 1 unspecified atom stereocenters. The van der Waals surface area contributed by atoms with Crippen LogP contribution in [0.25, 0.3) is 10.9 Å². The summed E-state index contributed by atoms with van der Waals surface area (Å²) in [4.78, 5) is 0.563. The van der Waals surface area contributed by atoms with Crippen LogP contribution in [-0.2, 0) is 16.4 Å². The molecule has 2 N–H and O–H groups in total. The SMILES string of the molecule is O=S(=O)(c1ccccc1)c1cn(CC2CCCN2)c2cc(O)ccc12. The molecule has 1 aliphatic rings. The van der Waals surface area contributed by atoms with Gasteiger partial charge in [-0.05, 0) is 43.7 Å². The van der Waals surface area contributed by atoms with Gasteiger partial charge in [0.25, 0.3) is 0 Å². The van der Waals surface area contributed by atoms with E-state index in [1.165, 1.54) is 6.07 Å². The van der Waals surface area contributed by atoms with Crippen LogP contribution >= 0.6 is 0 Å². The summed E-state index contributed by atoms with van der Waals surface area (Å²) in [5.41, 5.74) is 0.739. The second-order valence-corrected chi connectivity index (χ2v) is 8.38. The van der Waals surface area contributed by atoms with Gasteiger partial charge in [0, 0.05) is 30.2 Å². The molecule has 2 aromatic carbocycles. The predicted octanol–water partition coefficient (Wildman–Crippen LogP) is 2.93. The first-order valence-corrected chi connectivity index (χ1v) is 9.89. The van der Waals surface area contributed by atoms with E-state index in [1.807, 2.05) is 4.57 Å². The number of nitrogens with zero attached hydrogens (tertiary/aromatic N) is 1. The molecule has 6 heteroatoms. The molecule has 1 saturated heterocycles. The maximum absolute atomic E-state index is 13.1. The lowest BCUT2D eigenvalue weighted by atomic mass is 10.2. The molecular weight excluding hydrogens is 336 g/mol. The van der Waals surface area contributed by atoms with Gasteiger partial charge in [0.15, 0.2) is 0 Å². The van der Waals surface area contributed by atoms with Gasteiger partial charge in [0.1, 0.15) is 5.75 Å². The summed E-state index contributed by atoms with van der Waals surface area (Å²) in [5.74, 6) is 0.134. The van der Waals surface area contributed by atoms with E-state index in [4.69, 9.17) is 0 Å². The molecule has 0 radical (unpaired) electrons. The molecule has 1 aliphatic heterocycles. The van der Waals surface area contributed by atoms with Gasteiger partial charge in [-0.2, -0.15) is 0 Å². The lowest BCUT2D eigenvalue weighted by Crippen LogP contribution is -2.26. The molecule has 25 heavy (non-hydrogen) atoms. The molecular formula is C19H20N2O3S. The molecule has 1 aromatic heterocycles. The summed E-state index contributed by atoms with van der Waals surface area (Å²) in [7, 11) is -3.61. The van der Waals surface area contributed by atoms with Crippen LogP contribution in [-0.4, -0.2) is 30.7 Å². The molecule has 0 saturated carbocycles. The summed E-state index contributed by atoms with van der Waals surface area (Å²) in [6.45, 7) is 1.68. The Morgan fingerprint density at radius 3 is 2.68 bits per heavy atom. The first-order chi connectivity index (χ1) is 12.1. The summed E-state index contributed by atoms with van der Waals surface area (Å²) in [6.07, 6.45) is 3.90. The van der Waals surface area contributed by atoms with Crippen LogP contribution in [0.5, 0.6) is 5.75 Å². The van der Waals surface area contributed by atoms with Gasteiger partial charge in [-0.25, -0.2) is 8.42 Å². The normalized spacial score (nSPS) is 18.0. The molecule has 130 valence electrons. The van der Waals surface area contributed by atoms with Crippen molar-refractivity contribution in [3.8, 4) is 5.75 Å². The Balaban J connectivity index is 1.87. The zero-order valence-corrected chi connectivity index (χ0v) is 14.5. The zero-order chi connectivity index (χ0) is 17.4. The highest BCUT2D eigenvalue weighted by Crippen LogP contribution is 2.32. The van der Waals surface area contributed by atoms with Gasteiger partial charge in [-0.15, -0.1) is 0 Å². The number of sulfone groups is 1. The van der Waals surface area contributed by atoms with Crippen LogP contribution in [0.4, 0.5) is 0 Å². The first kappa shape index (κ1) is 16.2. The smallest absolute Gasteiger partial charge is 0.208 e. The molecule has 0 amide bonds. The Morgan fingerprint density at radius 2 is 1.96 bits per heavy atom. The number of phenols is 1. The van der Waals surface area contributed by atoms with E-state index in [0.717, 1.165) is 24.9 Å².